The van der Waals surface area contributed by atoms with E-state index in [4.69, 9.17) is 4.74 Å². The van der Waals surface area contributed by atoms with Crippen molar-refractivity contribution < 1.29 is 27.1 Å². The second-order valence-electron chi connectivity index (χ2n) is 5.72. The van der Waals surface area contributed by atoms with Crippen LogP contribution in [0.1, 0.15) is 11.1 Å². The highest BCUT2D eigenvalue weighted by molar-refractivity contribution is 5.79. The summed E-state index contributed by atoms with van der Waals surface area (Å²) in [6, 6.07) is 7.74. The van der Waals surface area contributed by atoms with E-state index in [1.165, 1.54) is 12.1 Å². The van der Waals surface area contributed by atoms with Crippen LogP contribution in [0, 0.1) is 5.82 Å². The van der Waals surface area contributed by atoms with Crippen molar-refractivity contribution in [1.82, 2.24) is 9.88 Å². The maximum atomic E-state index is 12.8. The van der Waals surface area contributed by atoms with Gasteiger partial charge in [0.05, 0.1) is 25.1 Å². The van der Waals surface area contributed by atoms with E-state index in [9.17, 15) is 22.4 Å². The highest BCUT2D eigenvalue weighted by Gasteiger charge is 2.33. The first-order chi connectivity index (χ1) is 11.8. The number of likely N-dealkylation sites (tertiary alicyclic amines) is 1. The Morgan fingerprint density at radius 1 is 1.16 bits per heavy atom. The van der Waals surface area contributed by atoms with Crippen LogP contribution in [0.4, 0.5) is 17.6 Å². The third kappa shape index (κ3) is 4.26. The van der Waals surface area contributed by atoms with E-state index in [1.54, 1.807) is 17.0 Å². The maximum Gasteiger partial charge on any atom is 0.417 e. The Hall–Kier alpha value is -2.64. The predicted octanol–water partition coefficient (Wildman–Crippen LogP) is 3.07. The molecule has 1 amide bonds. The molecule has 0 N–H and O–H groups in total. The first-order valence-corrected chi connectivity index (χ1v) is 7.53. The first kappa shape index (κ1) is 17.2. The number of carbonyl (C=O) groups is 1. The molecular formula is C17H14F4N2O2. The molecule has 0 spiro atoms. The number of amides is 1. The molecule has 1 aromatic carbocycles. The van der Waals surface area contributed by atoms with Gasteiger partial charge in [-0.15, -0.1) is 0 Å². The summed E-state index contributed by atoms with van der Waals surface area (Å²) < 4.78 is 55.6. The maximum absolute atomic E-state index is 12.8. The number of hydrogen-bond donors (Lipinski definition) is 0. The van der Waals surface area contributed by atoms with Crippen molar-refractivity contribution in [1.29, 1.82) is 0 Å². The number of alkyl halides is 3. The quantitative estimate of drug-likeness (QED) is 0.793. The molecule has 0 bridgehead atoms. The molecule has 0 atom stereocenters. The smallest absolute Gasteiger partial charge is 0.417 e. The number of pyridine rings is 1. The van der Waals surface area contributed by atoms with Gasteiger partial charge >= 0.3 is 6.18 Å². The molecule has 1 aromatic heterocycles. The molecule has 1 aliphatic rings. The minimum absolute atomic E-state index is 0.0867. The molecule has 3 rings (SSSR count). The van der Waals surface area contributed by atoms with Crippen molar-refractivity contribution >= 4 is 5.91 Å². The standard InChI is InChI=1S/C17H14F4N2O2/c18-13-4-1-11(2-5-13)7-16(24)23-9-14(10-23)25-15-6-3-12(8-22-15)17(19,20)21/h1-6,8,14H,7,9-10H2. The monoisotopic (exact) mass is 354 g/mol. The number of rotatable bonds is 4. The Kier molecular flexibility index (Phi) is 4.61. The van der Waals surface area contributed by atoms with Crippen molar-refractivity contribution in [2.45, 2.75) is 18.7 Å². The van der Waals surface area contributed by atoms with Crippen LogP contribution in [0.3, 0.4) is 0 Å². The van der Waals surface area contributed by atoms with Gasteiger partial charge < -0.3 is 9.64 Å². The van der Waals surface area contributed by atoms with Gasteiger partial charge in [-0.25, -0.2) is 9.37 Å². The topological polar surface area (TPSA) is 42.4 Å². The average molecular weight is 354 g/mol. The molecular weight excluding hydrogens is 340 g/mol. The van der Waals surface area contributed by atoms with Gasteiger partial charge in [0, 0.05) is 12.3 Å². The molecule has 25 heavy (non-hydrogen) atoms. The SMILES string of the molecule is O=C(Cc1ccc(F)cc1)N1CC(Oc2ccc(C(F)(F)F)cn2)C1. The second kappa shape index (κ2) is 6.70. The third-order valence-corrected chi connectivity index (χ3v) is 3.82. The fourth-order valence-electron chi connectivity index (χ4n) is 2.39. The molecule has 2 heterocycles. The first-order valence-electron chi connectivity index (χ1n) is 7.53. The van der Waals surface area contributed by atoms with Gasteiger partial charge in [0.25, 0.3) is 0 Å². The fourth-order valence-corrected chi connectivity index (χ4v) is 2.39. The van der Waals surface area contributed by atoms with Gasteiger partial charge in [0.1, 0.15) is 11.9 Å². The van der Waals surface area contributed by atoms with Crippen molar-refractivity contribution in [3.05, 3.63) is 59.5 Å². The number of ether oxygens (including phenoxy) is 1. The molecule has 0 saturated carbocycles. The van der Waals surface area contributed by atoms with E-state index in [-0.39, 0.29) is 30.1 Å². The molecule has 132 valence electrons. The normalized spacial score (nSPS) is 15.0. The number of aromatic nitrogens is 1. The summed E-state index contributed by atoms with van der Waals surface area (Å²) in [6.45, 7) is 0.672. The van der Waals surface area contributed by atoms with Crippen LogP contribution in [0.15, 0.2) is 42.6 Å². The minimum atomic E-state index is -4.44. The molecule has 8 heteroatoms. The molecule has 2 aromatic rings. The summed E-state index contributed by atoms with van der Waals surface area (Å²) in [7, 11) is 0. The second-order valence-corrected chi connectivity index (χ2v) is 5.72. The van der Waals surface area contributed by atoms with Crippen LogP contribution in [0.25, 0.3) is 0 Å². The molecule has 1 saturated heterocycles. The molecule has 0 unspecified atom stereocenters. The van der Waals surface area contributed by atoms with E-state index >= 15 is 0 Å². The summed E-state index contributed by atoms with van der Waals surface area (Å²) in [5.74, 6) is -0.395. The predicted molar refractivity (Wildman–Crippen MR) is 80.3 cm³/mol. The van der Waals surface area contributed by atoms with Gasteiger partial charge in [0.2, 0.25) is 11.8 Å². The lowest BCUT2D eigenvalue weighted by Gasteiger charge is -2.38. The lowest BCUT2D eigenvalue weighted by Crippen LogP contribution is -2.56. The van der Waals surface area contributed by atoms with Gasteiger partial charge in [-0.2, -0.15) is 13.2 Å². The van der Waals surface area contributed by atoms with Crippen molar-refractivity contribution in [3.8, 4) is 5.88 Å². The van der Waals surface area contributed by atoms with Crippen molar-refractivity contribution in [3.63, 3.8) is 0 Å². The van der Waals surface area contributed by atoms with E-state index in [2.05, 4.69) is 4.98 Å². The molecule has 0 aliphatic carbocycles. The Morgan fingerprint density at radius 2 is 1.84 bits per heavy atom. The summed E-state index contributed by atoms with van der Waals surface area (Å²) in [5.41, 5.74) is -0.135. The van der Waals surface area contributed by atoms with Gasteiger partial charge in [0.15, 0.2) is 0 Å². The number of carbonyl (C=O) groups excluding carboxylic acids is 1. The van der Waals surface area contributed by atoms with E-state index in [0.29, 0.717) is 24.8 Å². The Balaban J connectivity index is 1.47. The van der Waals surface area contributed by atoms with E-state index in [0.717, 1.165) is 12.1 Å². The molecule has 4 nitrogen and oxygen atoms in total. The summed E-state index contributed by atoms with van der Waals surface area (Å²) in [6.07, 6.45) is -3.87. The van der Waals surface area contributed by atoms with Gasteiger partial charge in [-0.1, -0.05) is 12.1 Å². The Morgan fingerprint density at radius 3 is 2.40 bits per heavy atom. The average Bonchev–Trinajstić information content (AvgIpc) is 2.52. The van der Waals surface area contributed by atoms with E-state index in [1.807, 2.05) is 0 Å². The number of hydrogen-bond acceptors (Lipinski definition) is 3. The lowest BCUT2D eigenvalue weighted by atomic mass is 10.1. The van der Waals surface area contributed by atoms with Crippen LogP contribution >= 0.6 is 0 Å². The van der Waals surface area contributed by atoms with Crippen LogP contribution < -0.4 is 4.74 Å². The summed E-state index contributed by atoms with van der Waals surface area (Å²) in [4.78, 5) is 17.3. The third-order valence-electron chi connectivity index (χ3n) is 3.82. The minimum Gasteiger partial charge on any atom is -0.471 e. The zero-order valence-corrected chi connectivity index (χ0v) is 13.0. The fraction of sp³-hybridized carbons (Fsp3) is 0.294. The number of nitrogens with zero attached hydrogens (tertiary/aromatic N) is 2. The summed E-state index contributed by atoms with van der Waals surface area (Å²) in [5, 5.41) is 0. The van der Waals surface area contributed by atoms with Crippen LogP contribution in [-0.4, -0.2) is 35.0 Å². The highest BCUT2D eigenvalue weighted by atomic mass is 19.4. The molecule has 0 radical (unpaired) electrons. The van der Waals surface area contributed by atoms with Crippen molar-refractivity contribution in [2.75, 3.05) is 13.1 Å². The number of benzene rings is 1. The van der Waals surface area contributed by atoms with Crippen molar-refractivity contribution in [2.24, 2.45) is 0 Å². The molecule has 1 aliphatic heterocycles. The van der Waals surface area contributed by atoms with Gasteiger partial charge in [-0.05, 0) is 23.8 Å². The highest BCUT2D eigenvalue weighted by Crippen LogP contribution is 2.29. The van der Waals surface area contributed by atoms with Crippen LogP contribution in [0.2, 0.25) is 0 Å². The zero-order valence-electron chi connectivity index (χ0n) is 13.0. The van der Waals surface area contributed by atoms with Gasteiger partial charge in [-0.3, -0.25) is 4.79 Å². The van der Waals surface area contributed by atoms with Crippen LogP contribution in [-0.2, 0) is 17.4 Å². The Bertz CT molecular complexity index is 739. The molecule has 1 fully saturated rings. The number of halogens is 4. The zero-order chi connectivity index (χ0) is 18.0. The summed E-state index contributed by atoms with van der Waals surface area (Å²) >= 11 is 0. The Labute approximate surface area is 141 Å². The largest absolute Gasteiger partial charge is 0.471 e. The van der Waals surface area contributed by atoms with E-state index < -0.39 is 11.7 Å². The lowest BCUT2D eigenvalue weighted by molar-refractivity contribution is -0.140. The van der Waals surface area contributed by atoms with Crippen LogP contribution in [0.5, 0.6) is 5.88 Å².